The molecule has 0 heterocycles. The normalized spacial score (nSPS) is 12.5. The molecule has 0 radical (unpaired) electrons. The van der Waals surface area contributed by atoms with Gasteiger partial charge < -0.3 is 10.4 Å². The molecule has 0 aliphatic heterocycles. The van der Waals surface area contributed by atoms with Gasteiger partial charge in [0.2, 0.25) is 5.91 Å². The number of nitrogens with one attached hydrogen (secondary N) is 1. The molecular formula is C9H14N2O5S. The second-order valence-corrected chi connectivity index (χ2v) is 5.70. The maximum atomic E-state index is 11.5. The number of carbonyl (C=O) groups excluding carboxylic acids is 1. The van der Waals surface area contributed by atoms with Gasteiger partial charge >= 0.3 is 5.97 Å². The number of carboxylic acids is 1. The van der Waals surface area contributed by atoms with Crippen molar-refractivity contribution in [2.24, 2.45) is 0 Å². The standard InChI is InChI=1S/C9H14N2O5S/c1-7(12)11-8(9(13)14)6-17(15,16)5-3-2-4-10/h8H,2-3,5-6H2,1H3,(H,11,12)(H,13,14)/t8-/m0/s1. The summed E-state index contributed by atoms with van der Waals surface area (Å²) >= 11 is 0. The van der Waals surface area contributed by atoms with Crippen LogP contribution < -0.4 is 5.32 Å². The molecule has 0 fully saturated rings. The molecule has 2 N–H and O–H groups in total. The summed E-state index contributed by atoms with van der Waals surface area (Å²) in [5.74, 6) is -2.93. The third-order valence-electron chi connectivity index (χ3n) is 1.84. The molecule has 0 aliphatic rings. The summed E-state index contributed by atoms with van der Waals surface area (Å²) < 4.78 is 23.0. The second-order valence-electron chi connectivity index (χ2n) is 3.47. The maximum absolute atomic E-state index is 11.5. The van der Waals surface area contributed by atoms with Crippen molar-refractivity contribution in [2.45, 2.75) is 25.8 Å². The van der Waals surface area contributed by atoms with Crippen LogP contribution in [0.1, 0.15) is 19.8 Å². The fourth-order valence-corrected chi connectivity index (χ4v) is 2.61. The summed E-state index contributed by atoms with van der Waals surface area (Å²) in [6.07, 6.45) is 0.252. The second kappa shape index (κ2) is 6.85. The Bertz CT molecular complexity index is 423. The minimum absolute atomic E-state index is 0.0944. The highest BCUT2D eigenvalue weighted by Crippen LogP contribution is 2.00. The number of carbonyl (C=O) groups is 2. The lowest BCUT2D eigenvalue weighted by atomic mass is 10.3. The van der Waals surface area contributed by atoms with Crippen LogP contribution in [0.5, 0.6) is 0 Å². The van der Waals surface area contributed by atoms with Crippen LogP contribution in [0.15, 0.2) is 0 Å². The average molecular weight is 262 g/mol. The van der Waals surface area contributed by atoms with Gasteiger partial charge in [-0.3, -0.25) is 4.79 Å². The van der Waals surface area contributed by atoms with E-state index in [-0.39, 0.29) is 18.6 Å². The van der Waals surface area contributed by atoms with Crippen molar-refractivity contribution < 1.29 is 23.1 Å². The van der Waals surface area contributed by atoms with Gasteiger partial charge in [-0.05, 0) is 6.42 Å². The van der Waals surface area contributed by atoms with E-state index in [2.05, 4.69) is 0 Å². The quantitative estimate of drug-likeness (QED) is 0.584. The van der Waals surface area contributed by atoms with Crippen LogP contribution in [0.2, 0.25) is 0 Å². The first-order valence-electron chi connectivity index (χ1n) is 4.86. The van der Waals surface area contributed by atoms with Gasteiger partial charge in [-0.25, -0.2) is 13.2 Å². The van der Waals surface area contributed by atoms with Crippen molar-refractivity contribution in [3.05, 3.63) is 0 Å². The number of hydrogen-bond acceptors (Lipinski definition) is 5. The lowest BCUT2D eigenvalue weighted by Gasteiger charge is -2.13. The third-order valence-corrected chi connectivity index (χ3v) is 3.59. The first-order valence-corrected chi connectivity index (χ1v) is 6.68. The maximum Gasteiger partial charge on any atom is 0.327 e. The molecule has 0 spiro atoms. The number of hydrogen-bond donors (Lipinski definition) is 2. The van der Waals surface area contributed by atoms with Crippen LogP contribution in [0, 0.1) is 11.3 Å². The Morgan fingerprint density at radius 3 is 2.47 bits per heavy atom. The minimum atomic E-state index is -3.59. The van der Waals surface area contributed by atoms with E-state index in [0.717, 1.165) is 6.92 Å². The zero-order chi connectivity index (χ0) is 13.5. The van der Waals surface area contributed by atoms with Crippen LogP contribution in [0.25, 0.3) is 0 Å². The summed E-state index contributed by atoms with van der Waals surface area (Å²) in [7, 11) is -3.59. The van der Waals surface area contributed by atoms with Crippen LogP contribution in [-0.4, -0.2) is 42.9 Å². The van der Waals surface area contributed by atoms with Gasteiger partial charge in [0.05, 0.1) is 17.6 Å². The van der Waals surface area contributed by atoms with Crippen molar-refractivity contribution in [1.82, 2.24) is 5.32 Å². The number of nitriles is 1. The molecule has 1 amide bonds. The molecule has 0 aromatic rings. The Balaban J connectivity index is 4.48. The van der Waals surface area contributed by atoms with E-state index in [1.807, 2.05) is 5.32 Å². The van der Waals surface area contributed by atoms with E-state index in [4.69, 9.17) is 10.4 Å². The molecule has 0 saturated carbocycles. The average Bonchev–Trinajstić information content (AvgIpc) is 2.15. The van der Waals surface area contributed by atoms with Crippen LogP contribution in [-0.2, 0) is 19.4 Å². The topological polar surface area (TPSA) is 124 Å². The van der Waals surface area contributed by atoms with Gasteiger partial charge in [0.25, 0.3) is 0 Å². The molecule has 0 aliphatic carbocycles. The zero-order valence-electron chi connectivity index (χ0n) is 9.34. The highest BCUT2D eigenvalue weighted by atomic mass is 32.2. The monoisotopic (exact) mass is 262 g/mol. The Labute approximate surface area is 99.3 Å². The number of unbranched alkanes of at least 4 members (excludes halogenated alkanes) is 1. The molecule has 0 unspecified atom stereocenters. The smallest absolute Gasteiger partial charge is 0.327 e. The summed E-state index contributed by atoms with van der Waals surface area (Å²) in [6, 6.07) is 0.353. The molecule has 0 aromatic heterocycles. The van der Waals surface area contributed by atoms with E-state index < -0.39 is 33.5 Å². The molecule has 7 nitrogen and oxygen atoms in total. The molecule has 96 valence electrons. The van der Waals surface area contributed by atoms with Gasteiger partial charge in [0.15, 0.2) is 9.84 Å². The van der Waals surface area contributed by atoms with Crippen molar-refractivity contribution in [3.63, 3.8) is 0 Å². The SMILES string of the molecule is CC(=O)N[C@@H](CS(=O)(=O)CCCC#N)C(=O)O. The fraction of sp³-hybridized carbons (Fsp3) is 0.667. The predicted octanol–water partition coefficient (Wildman–Crippen LogP) is -0.706. The Hall–Kier alpha value is -1.62. The van der Waals surface area contributed by atoms with Gasteiger partial charge in [-0.2, -0.15) is 5.26 Å². The summed E-state index contributed by atoms with van der Waals surface area (Å²) in [5, 5.41) is 19.0. The first kappa shape index (κ1) is 15.4. The number of sulfone groups is 1. The lowest BCUT2D eigenvalue weighted by Crippen LogP contribution is -2.44. The lowest BCUT2D eigenvalue weighted by molar-refractivity contribution is -0.140. The largest absolute Gasteiger partial charge is 0.480 e. The van der Waals surface area contributed by atoms with Crippen molar-refractivity contribution in [2.75, 3.05) is 11.5 Å². The van der Waals surface area contributed by atoms with Crippen molar-refractivity contribution in [1.29, 1.82) is 5.26 Å². The van der Waals surface area contributed by atoms with Crippen LogP contribution in [0.3, 0.4) is 0 Å². The summed E-state index contributed by atoms with van der Waals surface area (Å²) in [6.45, 7) is 1.11. The summed E-state index contributed by atoms with van der Waals surface area (Å²) in [4.78, 5) is 21.4. The zero-order valence-corrected chi connectivity index (χ0v) is 10.2. The molecule has 0 saturated heterocycles. The molecule has 1 atom stereocenters. The Kier molecular flexibility index (Phi) is 6.20. The molecular weight excluding hydrogens is 248 g/mol. The summed E-state index contributed by atoms with van der Waals surface area (Å²) in [5.41, 5.74) is 0. The Morgan fingerprint density at radius 1 is 1.47 bits per heavy atom. The molecule has 0 rings (SSSR count). The van der Waals surface area contributed by atoms with E-state index in [0.29, 0.717) is 0 Å². The Morgan fingerprint density at radius 2 is 2.06 bits per heavy atom. The van der Waals surface area contributed by atoms with Crippen LogP contribution in [0.4, 0.5) is 0 Å². The highest BCUT2D eigenvalue weighted by molar-refractivity contribution is 7.91. The number of aliphatic carboxylic acids is 1. The van der Waals surface area contributed by atoms with E-state index in [9.17, 15) is 18.0 Å². The minimum Gasteiger partial charge on any atom is -0.480 e. The first-order chi connectivity index (χ1) is 7.78. The third kappa shape index (κ3) is 7.30. The van der Waals surface area contributed by atoms with Crippen LogP contribution >= 0.6 is 0 Å². The molecule has 0 bridgehead atoms. The van der Waals surface area contributed by atoms with Gasteiger partial charge in [-0.1, -0.05) is 0 Å². The number of amides is 1. The van der Waals surface area contributed by atoms with Gasteiger partial charge in [-0.15, -0.1) is 0 Å². The fourth-order valence-electron chi connectivity index (χ4n) is 1.13. The molecule has 0 aromatic carbocycles. The van der Waals surface area contributed by atoms with E-state index in [1.54, 1.807) is 6.07 Å². The molecule has 8 heteroatoms. The van der Waals surface area contributed by atoms with Gasteiger partial charge in [0.1, 0.15) is 6.04 Å². The van der Waals surface area contributed by atoms with Gasteiger partial charge in [0, 0.05) is 13.3 Å². The number of nitrogens with zero attached hydrogens (tertiary/aromatic N) is 1. The highest BCUT2D eigenvalue weighted by Gasteiger charge is 2.25. The number of carboxylic acid groups (broad SMARTS) is 1. The van der Waals surface area contributed by atoms with E-state index >= 15 is 0 Å². The number of rotatable bonds is 7. The van der Waals surface area contributed by atoms with E-state index in [1.165, 1.54) is 0 Å². The molecule has 17 heavy (non-hydrogen) atoms. The predicted molar refractivity (Wildman–Crippen MR) is 58.7 cm³/mol. The van der Waals surface area contributed by atoms with Crippen molar-refractivity contribution in [3.8, 4) is 6.07 Å². The van der Waals surface area contributed by atoms with Crippen molar-refractivity contribution >= 4 is 21.7 Å².